The predicted octanol–water partition coefficient (Wildman–Crippen LogP) is 1.58. The second-order valence-electron chi connectivity index (χ2n) is 4.15. The van der Waals surface area contributed by atoms with Crippen LogP contribution in [0.2, 0.25) is 0 Å². The standard InChI is InChI=1S/C13H12N2O3/c16-13(10-3-5-17-9-10)15-7-12(8-15)18-11-2-1-4-14-6-11/h1-6,9,12H,7-8H2. The van der Waals surface area contributed by atoms with Crippen molar-refractivity contribution in [2.45, 2.75) is 6.10 Å². The molecule has 0 unspecified atom stereocenters. The topological polar surface area (TPSA) is 55.6 Å². The Labute approximate surface area is 104 Å². The van der Waals surface area contributed by atoms with Gasteiger partial charge in [0.1, 0.15) is 18.1 Å². The number of amides is 1. The fourth-order valence-electron chi connectivity index (χ4n) is 1.86. The van der Waals surface area contributed by atoms with Crippen LogP contribution in [0.15, 0.2) is 47.5 Å². The highest BCUT2D eigenvalue weighted by molar-refractivity contribution is 5.94. The van der Waals surface area contributed by atoms with Crippen LogP contribution in [-0.2, 0) is 0 Å². The van der Waals surface area contributed by atoms with Crippen LogP contribution < -0.4 is 4.74 Å². The first-order valence-electron chi connectivity index (χ1n) is 5.71. The number of furan rings is 1. The van der Waals surface area contributed by atoms with E-state index in [2.05, 4.69) is 4.98 Å². The Kier molecular flexibility index (Phi) is 2.72. The number of hydrogen-bond donors (Lipinski definition) is 0. The van der Waals surface area contributed by atoms with Crippen LogP contribution in [0.25, 0.3) is 0 Å². The molecule has 0 N–H and O–H groups in total. The third kappa shape index (κ3) is 2.07. The maximum absolute atomic E-state index is 11.9. The normalized spacial score (nSPS) is 15.2. The molecule has 0 radical (unpaired) electrons. The number of rotatable bonds is 3. The average molecular weight is 244 g/mol. The first kappa shape index (κ1) is 10.8. The van der Waals surface area contributed by atoms with E-state index in [4.69, 9.17) is 9.15 Å². The molecule has 1 fully saturated rings. The molecule has 3 heterocycles. The fraction of sp³-hybridized carbons (Fsp3) is 0.231. The van der Waals surface area contributed by atoms with Gasteiger partial charge in [-0.1, -0.05) is 0 Å². The molecule has 0 aliphatic carbocycles. The summed E-state index contributed by atoms with van der Waals surface area (Å²) >= 11 is 0. The van der Waals surface area contributed by atoms with Gasteiger partial charge in [0.05, 0.1) is 31.1 Å². The molecule has 1 aliphatic heterocycles. The molecule has 0 aromatic carbocycles. The Morgan fingerprint density at radius 3 is 3.00 bits per heavy atom. The monoisotopic (exact) mass is 244 g/mol. The molecule has 92 valence electrons. The number of ether oxygens (including phenoxy) is 1. The van der Waals surface area contributed by atoms with Crippen molar-refractivity contribution in [2.24, 2.45) is 0 Å². The Hall–Kier alpha value is -2.30. The maximum Gasteiger partial charge on any atom is 0.257 e. The zero-order valence-corrected chi connectivity index (χ0v) is 9.65. The van der Waals surface area contributed by atoms with Crippen LogP contribution in [0, 0.1) is 0 Å². The summed E-state index contributed by atoms with van der Waals surface area (Å²) in [6, 6.07) is 5.34. The van der Waals surface area contributed by atoms with Gasteiger partial charge < -0.3 is 14.1 Å². The van der Waals surface area contributed by atoms with Gasteiger partial charge in [0.15, 0.2) is 0 Å². The van der Waals surface area contributed by atoms with Gasteiger partial charge in [-0.2, -0.15) is 0 Å². The Balaban J connectivity index is 1.53. The summed E-state index contributed by atoms with van der Waals surface area (Å²) in [5, 5.41) is 0. The highest BCUT2D eigenvalue weighted by atomic mass is 16.5. The molecule has 0 bridgehead atoms. The smallest absolute Gasteiger partial charge is 0.257 e. The van der Waals surface area contributed by atoms with Gasteiger partial charge in [-0.15, -0.1) is 0 Å². The quantitative estimate of drug-likeness (QED) is 0.822. The van der Waals surface area contributed by atoms with Gasteiger partial charge in [-0.3, -0.25) is 9.78 Å². The Morgan fingerprint density at radius 1 is 1.44 bits per heavy atom. The zero-order chi connectivity index (χ0) is 12.4. The number of likely N-dealkylation sites (tertiary alicyclic amines) is 1. The second-order valence-corrected chi connectivity index (χ2v) is 4.15. The molecule has 2 aromatic heterocycles. The number of pyridine rings is 1. The van der Waals surface area contributed by atoms with Crippen molar-refractivity contribution in [1.29, 1.82) is 0 Å². The molecule has 5 heteroatoms. The van der Waals surface area contributed by atoms with Crippen molar-refractivity contribution in [3.05, 3.63) is 48.7 Å². The van der Waals surface area contributed by atoms with Gasteiger partial charge >= 0.3 is 0 Å². The molecule has 18 heavy (non-hydrogen) atoms. The molecule has 3 rings (SSSR count). The molecule has 1 aliphatic rings. The summed E-state index contributed by atoms with van der Waals surface area (Å²) in [5.74, 6) is 0.715. The van der Waals surface area contributed by atoms with E-state index in [9.17, 15) is 4.79 Å². The van der Waals surface area contributed by atoms with E-state index in [0.29, 0.717) is 18.7 Å². The van der Waals surface area contributed by atoms with E-state index in [-0.39, 0.29) is 12.0 Å². The van der Waals surface area contributed by atoms with Crippen LogP contribution >= 0.6 is 0 Å². The summed E-state index contributed by atoms with van der Waals surface area (Å²) in [6.07, 6.45) is 6.36. The summed E-state index contributed by atoms with van der Waals surface area (Å²) in [5.41, 5.74) is 0.579. The number of hydrogen-bond acceptors (Lipinski definition) is 4. The van der Waals surface area contributed by atoms with Gasteiger partial charge in [-0.25, -0.2) is 0 Å². The molecule has 0 atom stereocenters. The molecule has 0 spiro atoms. The maximum atomic E-state index is 11.9. The van der Waals surface area contributed by atoms with Crippen molar-refractivity contribution in [3.63, 3.8) is 0 Å². The molecule has 1 saturated heterocycles. The zero-order valence-electron chi connectivity index (χ0n) is 9.65. The van der Waals surface area contributed by atoms with Crippen molar-refractivity contribution in [2.75, 3.05) is 13.1 Å². The van der Waals surface area contributed by atoms with E-state index in [1.165, 1.54) is 12.5 Å². The predicted molar refractivity (Wildman–Crippen MR) is 63.3 cm³/mol. The highest BCUT2D eigenvalue weighted by Crippen LogP contribution is 2.19. The number of nitrogens with zero attached hydrogens (tertiary/aromatic N) is 2. The molecule has 5 nitrogen and oxygen atoms in total. The van der Waals surface area contributed by atoms with Crippen molar-refractivity contribution in [3.8, 4) is 5.75 Å². The molecular formula is C13H12N2O3. The fourth-order valence-corrected chi connectivity index (χ4v) is 1.86. The van der Waals surface area contributed by atoms with E-state index in [1.807, 2.05) is 12.1 Å². The SMILES string of the molecule is O=C(c1ccoc1)N1CC(Oc2cccnc2)C1. The summed E-state index contributed by atoms with van der Waals surface area (Å²) in [4.78, 5) is 17.6. The van der Waals surface area contributed by atoms with E-state index in [0.717, 1.165) is 5.75 Å². The van der Waals surface area contributed by atoms with Crippen LogP contribution in [0.5, 0.6) is 5.75 Å². The van der Waals surface area contributed by atoms with Crippen LogP contribution in [0.1, 0.15) is 10.4 Å². The molecule has 1 amide bonds. The molecule has 0 saturated carbocycles. The second kappa shape index (κ2) is 4.52. The highest BCUT2D eigenvalue weighted by Gasteiger charge is 2.33. The minimum atomic E-state index is -0.0187. The van der Waals surface area contributed by atoms with Gasteiger partial charge in [0.25, 0.3) is 5.91 Å². The van der Waals surface area contributed by atoms with Crippen LogP contribution in [-0.4, -0.2) is 35.0 Å². The van der Waals surface area contributed by atoms with E-state index in [1.54, 1.807) is 23.4 Å². The summed E-state index contributed by atoms with van der Waals surface area (Å²) in [7, 11) is 0. The van der Waals surface area contributed by atoms with Crippen LogP contribution in [0.4, 0.5) is 0 Å². The van der Waals surface area contributed by atoms with Gasteiger partial charge in [-0.05, 0) is 18.2 Å². The third-order valence-electron chi connectivity index (χ3n) is 2.84. The lowest BCUT2D eigenvalue weighted by atomic mass is 10.1. The Bertz CT molecular complexity index is 518. The Morgan fingerprint density at radius 2 is 2.33 bits per heavy atom. The number of aromatic nitrogens is 1. The van der Waals surface area contributed by atoms with Gasteiger partial charge in [0, 0.05) is 6.20 Å². The lowest BCUT2D eigenvalue weighted by molar-refractivity contribution is 0.0176. The number of carbonyl (C=O) groups excluding carboxylic acids is 1. The lowest BCUT2D eigenvalue weighted by Gasteiger charge is -2.38. The van der Waals surface area contributed by atoms with E-state index >= 15 is 0 Å². The average Bonchev–Trinajstić information content (AvgIpc) is 2.87. The summed E-state index contributed by atoms with van der Waals surface area (Å²) in [6.45, 7) is 1.19. The first-order chi connectivity index (χ1) is 8.83. The van der Waals surface area contributed by atoms with Crippen molar-refractivity contribution < 1.29 is 13.9 Å². The van der Waals surface area contributed by atoms with Crippen LogP contribution in [0.3, 0.4) is 0 Å². The minimum Gasteiger partial charge on any atom is -0.485 e. The first-order valence-corrected chi connectivity index (χ1v) is 5.71. The van der Waals surface area contributed by atoms with Crippen molar-refractivity contribution in [1.82, 2.24) is 9.88 Å². The largest absolute Gasteiger partial charge is 0.485 e. The van der Waals surface area contributed by atoms with E-state index < -0.39 is 0 Å². The third-order valence-corrected chi connectivity index (χ3v) is 2.84. The summed E-state index contributed by atoms with van der Waals surface area (Å²) < 4.78 is 10.6. The minimum absolute atomic E-state index is 0.0187. The van der Waals surface area contributed by atoms with Gasteiger partial charge in [0.2, 0.25) is 0 Å². The molecular weight excluding hydrogens is 232 g/mol. The molecule has 2 aromatic rings. The van der Waals surface area contributed by atoms with Crippen molar-refractivity contribution >= 4 is 5.91 Å². The number of carbonyl (C=O) groups is 1. The lowest BCUT2D eigenvalue weighted by Crippen LogP contribution is -2.56.